The molecular weight excluding hydrogens is 496 g/mol. The van der Waals surface area contributed by atoms with Crippen molar-refractivity contribution in [2.24, 2.45) is 5.92 Å². The van der Waals surface area contributed by atoms with Crippen LogP contribution in [0.25, 0.3) is 10.9 Å². The number of carbonyl (C=O) groups excluding carboxylic acids is 1. The number of anilines is 1. The zero-order chi connectivity index (χ0) is 25.1. The van der Waals surface area contributed by atoms with Crippen molar-refractivity contribution in [1.29, 1.82) is 0 Å². The molecule has 1 aliphatic rings. The number of nitrogens with one attached hydrogen (secondary N) is 2. The highest BCUT2D eigenvalue weighted by Gasteiger charge is 2.35. The summed E-state index contributed by atoms with van der Waals surface area (Å²) < 4.78 is 11.5. The third kappa shape index (κ3) is 5.29. The molecule has 0 fully saturated rings. The molecule has 0 saturated heterocycles. The molecule has 0 saturated carbocycles. The van der Waals surface area contributed by atoms with Crippen molar-refractivity contribution in [2.45, 2.75) is 26.3 Å². The van der Waals surface area contributed by atoms with Crippen molar-refractivity contribution in [2.75, 3.05) is 31.6 Å². The van der Waals surface area contributed by atoms with E-state index < -0.39 is 0 Å². The number of benzene rings is 2. The van der Waals surface area contributed by atoms with Gasteiger partial charge in [-0.2, -0.15) is 0 Å². The molecule has 2 aromatic carbocycles. The standard InChI is InChI=1S/C27H29ClN4O3S/c1-17(2)16-35-27(33)32-12-9-21-22-15-19(28)5-8-23(22)31-24(21)25(32)18-3-6-20(7-4-18)34-13-10-29-26-30-11-14-36-26/h3-8,11,14-15,17,25,31H,9-10,12-13,16H2,1-2H3,(H,29,30). The van der Waals surface area contributed by atoms with E-state index in [9.17, 15) is 4.79 Å². The lowest BCUT2D eigenvalue weighted by Gasteiger charge is -2.35. The SMILES string of the molecule is CC(C)COC(=O)N1CCc2c([nH]c3ccc(Cl)cc23)C1c1ccc(OCCNc2nccs2)cc1. The van der Waals surface area contributed by atoms with Crippen molar-refractivity contribution >= 4 is 45.1 Å². The van der Waals surface area contributed by atoms with Crippen LogP contribution in [0.1, 0.15) is 36.7 Å². The minimum atomic E-state index is -0.301. The molecule has 7 nitrogen and oxygen atoms in total. The van der Waals surface area contributed by atoms with Gasteiger partial charge in [0.2, 0.25) is 0 Å². The van der Waals surface area contributed by atoms with Crippen LogP contribution in [0.15, 0.2) is 54.0 Å². The number of aromatic nitrogens is 2. The molecule has 1 aliphatic heterocycles. The minimum Gasteiger partial charge on any atom is -0.492 e. The van der Waals surface area contributed by atoms with Crippen LogP contribution in [0.4, 0.5) is 9.93 Å². The van der Waals surface area contributed by atoms with E-state index >= 15 is 0 Å². The Bertz CT molecular complexity index is 1320. The Balaban J connectivity index is 1.38. The van der Waals surface area contributed by atoms with Crippen molar-refractivity contribution in [3.63, 3.8) is 0 Å². The van der Waals surface area contributed by atoms with Crippen LogP contribution < -0.4 is 10.1 Å². The molecule has 0 bridgehead atoms. The van der Waals surface area contributed by atoms with Crippen molar-refractivity contribution in [1.82, 2.24) is 14.9 Å². The van der Waals surface area contributed by atoms with Crippen LogP contribution in [-0.4, -0.2) is 47.3 Å². The monoisotopic (exact) mass is 524 g/mol. The molecule has 4 aromatic rings. The zero-order valence-electron chi connectivity index (χ0n) is 20.3. The van der Waals surface area contributed by atoms with Crippen LogP contribution in [-0.2, 0) is 11.2 Å². The molecule has 1 unspecified atom stereocenters. The second kappa shape index (κ2) is 10.8. The van der Waals surface area contributed by atoms with E-state index in [1.807, 2.05) is 66.6 Å². The highest BCUT2D eigenvalue weighted by molar-refractivity contribution is 7.13. The van der Waals surface area contributed by atoms with E-state index in [-0.39, 0.29) is 18.1 Å². The summed E-state index contributed by atoms with van der Waals surface area (Å²) in [5.41, 5.74) is 4.20. The summed E-state index contributed by atoms with van der Waals surface area (Å²) in [6.07, 6.45) is 2.20. The number of fused-ring (bicyclic) bond motifs is 3. The number of carbonyl (C=O) groups is 1. The molecule has 0 spiro atoms. The Morgan fingerprint density at radius 3 is 2.86 bits per heavy atom. The number of aromatic amines is 1. The second-order valence-electron chi connectivity index (χ2n) is 9.21. The lowest BCUT2D eigenvalue weighted by molar-refractivity contribution is 0.0797. The van der Waals surface area contributed by atoms with E-state index in [0.717, 1.165) is 39.5 Å². The fraction of sp³-hybridized carbons (Fsp3) is 0.333. The van der Waals surface area contributed by atoms with Gasteiger partial charge in [0, 0.05) is 39.7 Å². The molecule has 5 rings (SSSR count). The molecule has 9 heteroatoms. The quantitative estimate of drug-likeness (QED) is 0.257. The van der Waals surface area contributed by atoms with Gasteiger partial charge in [0.25, 0.3) is 0 Å². The van der Waals surface area contributed by atoms with Gasteiger partial charge >= 0.3 is 6.09 Å². The summed E-state index contributed by atoms with van der Waals surface area (Å²) in [5.74, 6) is 1.04. The maximum Gasteiger partial charge on any atom is 0.410 e. The fourth-order valence-corrected chi connectivity index (χ4v) is 5.24. The third-order valence-corrected chi connectivity index (χ3v) is 7.10. The lowest BCUT2D eigenvalue weighted by atomic mass is 9.92. The number of thiazole rings is 1. The molecule has 2 N–H and O–H groups in total. The Morgan fingerprint density at radius 1 is 1.28 bits per heavy atom. The second-order valence-corrected chi connectivity index (χ2v) is 10.5. The minimum absolute atomic E-state index is 0.268. The predicted octanol–water partition coefficient (Wildman–Crippen LogP) is 6.51. The number of rotatable bonds is 8. The summed E-state index contributed by atoms with van der Waals surface area (Å²) in [4.78, 5) is 22.7. The smallest absolute Gasteiger partial charge is 0.410 e. The first-order valence-electron chi connectivity index (χ1n) is 12.1. The van der Waals surface area contributed by atoms with E-state index in [2.05, 4.69) is 15.3 Å². The molecule has 36 heavy (non-hydrogen) atoms. The summed E-state index contributed by atoms with van der Waals surface area (Å²) >= 11 is 7.86. The Morgan fingerprint density at radius 2 is 2.11 bits per heavy atom. The first kappa shape index (κ1) is 24.5. The topological polar surface area (TPSA) is 79.5 Å². The number of amides is 1. The van der Waals surface area contributed by atoms with Crippen LogP contribution in [0.5, 0.6) is 5.75 Å². The third-order valence-electron chi connectivity index (χ3n) is 6.14. The molecule has 3 heterocycles. The average molecular weight is 525 g/mol. The summed E-state index contributed by atoms with van der Waals surface area (Å²) in [7, 11) is 0. The van der Waals surface area contributed by atoms with Gasteiger partial charge < -0.3 is 19.8 Å². The van der Waals surface area contributed by atoms with Gasteiger partial charge in [-0.25, -0.2) is 9.78 Å². The number of halogens is 1. The highest BCUT2D eigenvalue weighted by Crippen LogP contribution is 2.39. The largest absolute Gasteiger partial charge is 0.492 e. The van der Waals surface area contributed by atoms with Crippen LogP contribution in [0.3, 0.4) is 0 Å². The number of nitrogens with zero attached hydrogens (tertiary/aromatic N) is 2. The van der Waals surface area contributed by atoms with Crippen molar-refractivity contribution in [3.05, 3.63) is 75.9 Å². The van der Waals surface area contributed by atoms with Gasteiger partial charge in [-0.15, -0.1) is 11.3 Å². The number of ether oxygens (including phenoxy) is 2. The van der Waals surface area contributed by atoms with Crippen molar-refractivity contribution in [3.8, 4) is 5.75 Å². The Kier molecular flexibility index (Phi) is 7.34. The van der Waals surface area contributed by atoms with E-state index in [1.165, 1.54) is 5.56 Å². The van der Waals surface area contributed by atoms with E-state index in [1.54, 1.807) is 17.5 Å². The molecule has 0 radical (unpaired) electrons. The van der Waals surface area contributed by atoms with E-state index in [0.29, 0.717) is 31.3 Å². The Labute approximate surface area is 219 Å². The molecule has 1 amide bonds. The fourth-order valence-electron chi connectivity index (χ4n) is 4.51. The van der Waals surface area contributed by atoms with Gasteiger partial charge in [0.15, 0.2) is 5.13 Å². The first-order chi connectivity index (χ1) is 17.5. The van der Waals surface area contributed by atoms with E-state index in [4.69, 9.17) is 21.1 Å². The Hall–Kier alpha value is -3.23. The molecule has 188 valence electrons. The van der Waals surface area contributed by atoms with Gasteiger partial charge in [-0.1, -0.05) is 37.6 Å². The average Bonchev–Trinajstić information content (AvgIpc) is 3.52. The van der Waals surface area contributed by atoms with Crippen LogP contribution in [0.2, 0.25) is 5.02 Å². The summed E-state index contributed by atoms with van der Waals surface area (Å²) in [5, 5.41) is 7.85. The van der Waals surface area contributed by atoms with Crippen molar-refractivity contribution < 1.29 is 14.3 Å². The van der Waals surface area contributed by atoms with Crippen LogP contribution >= 0.6 is 22.9 Å². The number of hydrogen-bond acceptors (Lipinski definition) is 6. The predicted molar refractivity (Wildman–Crippen MR) is 144 cm³/mol. The lowest BCUT2D eigenvalue weighted by Crippen LogP contribution is -2.41. The van der Waals surface area contributed by atoms with Crippen LogP contribution in [0, 0.1) is 5.92 Å². The summed E-state index contributed by atoms with van der Waals surface area (Å²) in [6, 6.07) is 13.5. The zero-order valence-corrected chi connectivity index (χ0v) is 21.9. The number of hydrogen-bond donors (Lipinski definition) is 2. The molecule has 0 aliphatic carbocycles. The van der Waals surface area contributed by atoms with Gasteiger partial charge in [0.1, 0.15) is 18.4 Å². The first-order valence-corrected chi connectivity index (χ1v) is 13.3. The van der Waals surface area contributed by atoms with Gasteiger partial charge in [-0.3, -0.25) is 4.90 Å². The molecular formula is C27H29ClN4O3S. The van der Waals surface area contributed by atoms with Gasteiger partial charge in [0.05, 0.1) is 13.2 Å². The number of H-pyrrole nitrogens is 1. The molecule has 2 aromatic heterocycles. The highest BCUT2D eigenvalue weighted by atomic mass is 35.5. The molecule has 1 atom stereocenters. The van der Waals surface area contributed by atoms with Gasteiger partial charge in [-0.05, 0) is 53.8 Å². The normalized spacial score (nSPS) is 15.2. The summed E-state index contributed by atoms with van der Waals surface area (Å²) in [6.45, 7) is 6.20. The maximum atomic E-state index is 13.1. The maximum absolute atomic E-state index is 13.1.